The van der Waals surface area contributed by atoms with Crippen LogP contribution in [0.2, 0.25) is 0 Å². The molecule has 0 spiro atoms. The van der Waals surface area contributed by atoms with E-state index >= 15 is 0 Å². The third-order valence-corrected chi connectivity index (χ3v) is 4.94. The molecule has 1 unspecified atom stereocenters. The topological polar surface area (TPSA) is 61.4 Å². The van der Waals surface area contributed by atoms with E-state index in [4.69, 9.17) is 0 Å². The standard InChI is InChI=1S/C11H23N3O2S/c1-14-7-2-3-11(14)9-13-17(15,16)8-6-12-10-4-5-10/h10-13H,2-9H2,1H3. The lowest BCUT2D eigenvalue weighted by Crippen LogP contribution is -2.40. The average molecular weight is 261 g/mol. The van der Waals surface area contributed by atoms with E-state index in [-0.39, 0.29) is 5.75 Å². The van der Waals surface area contributed by atoms with Crippen molar-refractivity contribution >= 4 is 10.0 Å². The molecule has 0 aromatic heterocycles. The van der Waals surface area contributed by atoms with Gasteiger partial charge in [0.05, 0.1) is 5.75 Å². The highest BCUT2D eigenvalue weighted by Crippen LogP contribution is 2.18. The molecule has 2 rings (SSSR count). The van der Waals surface area contributed by atoms with Crippen molar-refractivity contribution in [2.45, 2.75) is 37.8 Å². The molecule has 1 aliphatic heterocycles. The first kappa shape index (κ1) is 13.3. The Bertz CT molecular complexity index is 341. The molecule has 17 heavy (non-hydrogen) atoms. The highest BCUT2D eigenvalue weighted by atomic mass is 32.2. The van der Waals surface area contributed by atoms with Crippen molar-refractivity contribution < 1.29 is 8.42 Å². The molecule has 1 saturated heterocycles. The predicted molar refractivity (Wildman–Crippen MR) is 68.5 cm³/mol. The fourth-order valence-corrected chi connectivity index (χ4v) is 3.19. The number of nitrogens with one attached hydrogen (secondary N) is 2. The second kappa shape index (κ2) is 5.65. The Morgan fingerprint density at radius 2 is 2.06 bits per heavy atom. The molecule has 6 heteroatoms. The summed E-state index contributed by atoms with van der Waals surface area (Å²) in [5.41, 5.74) is 0. The molecule has 2 fully saturated rings. The van der Waals surface area contributed by atoms with Crippen molar-refractivity contribution in [1.29, 1.82) is 0 Å². The van der Waals surface area contributed by atoms with E-state index in [2.05, 4.69) is 22.0 Å². The van der Waals surface area contributed by atoms with Crippen LogP contribution < -0.4 is 10.0 Å². The Hall–Kier alpha value is -0.170. The lowest BCUT2D eigenvalue weighted by molar-refractivity contribution is 0.311. The molecule has 0 aromatic rings. The summed E-state index contributed by atoms with van der Waals surface area (Å²) >= 11 is 0. The fraction of sp³-hybridized carbons (Fsp3) is 1.00. The van der Waals surface area contributed by atoms with E-state index in [0.717, 1.165) is 13.0 Å². The molecule has 1 aliphatic carbocycles. The summed E-state index contributed by atoms with van der Waals surface area (Å²) in [6, 6.07) is 0.951. The minimum absolute atomic E-state index is 0.194. The fourth-order valence-electron chi connectivity index (χ4n) is 2.22. The SMILES string of the molecule is CN1CCCC1CNS(=O)(=O)CCNC1CC1. The highest BCUT2D eigenvalue weighted by molar-refractivity contribution is 7.89. The van der Waals surface area contributed by atoms with E-state index in [1.165, 1.54) is 19.3 Å². The van der Waals surface area contributed by atoms with Crippen LogP contribution in [0.15, 0.2) is 0 Å². The van der Waals surface area contributed by atoms with E-state index in [1.54, 1.807) is 0 Å². The summed E-state index contributed by atoms with van der Waals surface area (Å²) in [4.78, 5) is 2.23. The van der Waals surface area contributed by atoms with Gasteiger partial charge in [-0.15, -0.1) is 0 Å². The molecule has 0 radical (unpaired) electrons. The van der Waals surface area contributed by atoms with Gasteiger partial charge in [-0.25, -0.2) is 13.1 Å². The van der Waals surface area contributed by atoms with Gasteiger partial charge in [-0.2, -0.15) is 0 Å². The van der Waals surface area contributed by atoms with Gasteiger partial charge < -0.3 is 10.2 Å². The van der Waals surface area contributed by atoms with Crippen LogP contribution in [-0.4, -0.2) is 57.8 Å². The van der Waals surface area contributed by atoms with Gasteiger partial charge in [0.15, 0.2) is 0 Å². The van der Waals surface area contributed by atoms with Crippen molar-refractivity contribution in [2.75, 3.05) is 32.4 Å². The number of hydrogen-bond acceptors (Lipinski definition) is 4. The summed E-state index contributed by atoms with van der Waals surface area (Å²) in [5.74, 6) is 0.194. The molecule has 1 saturated carbocycles. The maximum Gasteiger partial charge on any atom is 0.212 e. The maximum atomic E-state index is 11.7. The Morgan fingerprint density at radius 1 is 1.29 bits per heavy atom. The van der Waals surface area contributed by atoms with Crippen molar-refractivity contribution in [3.05, 3.63) is 0 Å². The number of nitrogens with zero attached hydrogens (tertiary/aromatic N) is 1. The van der Waals surface area contributed by atoms with Crippen molar-refractivity contribution in [2.24, 2.45) is 0 Å². The molecule has 2 N–H and O–H groups in total. The van der Waals surface area contributed by atoms with Crippen LogP contribution in [0.3, 0.4) is 0 Å². The van der Waals surface area contributed by atoms with E-state index < -0.39 is 10.0 Å². The molecule has 100 valence electrons. The summed E-state index contributed by atoms with van der Waals surface area (Å²) in [6.45, 7) is 2.21. The van der Waals surface area contributed by atoms with Crippen LogP contribution in [0.5, 0.6) is 0 Å². The molecule has 0 amide bonds. The lowest BCUT2D eigenvalue weighted by Gasteiger charge is -2.19. The number of rotatable bonds is 7. The average Bonchev–Trinajstić information content (AvgIpc) is 2.98. The first-order chi connectivity index (χ1) is 8.07. The Balaban J connectivity index is 1.65. The molecule has 0 aromatic carbocycles. The Morgan fingerprint density at radius 3 is 2.65 bits per heavy atom. The van der Waals surface area contributed by atoms with E-state index in [1.807, 2.05) is 0 Å². The van der Waals surface area contributed by atoms with Gasteiger partial charge in [0, 0.05) is 25.2 Å². The minimum Gasteiger partial charge on any atom is -0.313 e. The molecule has 1 heterocycles. The van der Waals surface area contributed by atoms with Crippen molar-refractivity contribution in [1.82, 2.24) is 14.9 Å². The minimum atomic E-state index is -3.10. The summed E-state index contributed by atoms with van der Waals surface area (Å²) in [5, 5.41) is 3.22. The molecule has 1 atom stereocenters. The number of likely N-dealkylation sites (N-methyl/N-ethyl adjacent to an activating group) is 1. The zero-order chi connectivity index (χ0) is 12.3. The molecular formula is C11H23N3O2S. The van der Waals surface area contributed by atoms with Gasteiger partial charge in [0.1, 0.15) is 0 Å². The van der Waals surface area contributed by atoms with E-state index in [0.29, 0.717) is 25.2 Å². The quantitative estimate of drug-likeness (QED) is 0.663. The van der Waals surface area contributed by atoms with E-state index in [9.17, 15) is 8.42 Å². The molecular weight excluding hydrogens is 238 g/mol. The first-order valence-corrected chi connectivity index (χ1v) is 8.13. The van der Waals surface area contributed by atoms with Gasteiger partial charge in [-0.3, -0.25) is 0 Å². The highest BCUT2D eigenvalue weighted by Gasteiger charge is 2.24. The second-order valence-corrected chi connectivity index (χ2v) is 7.10. The predicted octanol–water partition coefficient (Wildman–Crippen LogP) is -0.248. The van der Waals surface area contributed by atoms with Gasteiger partial charge in [-0.1, -0.05) is 0 Å². The van der Waals surface area contributed by atoms with Gasteiger partial charge >= 0.3 is 0 Å². The van der Waals surface area contributed by atoms with Gasteiger partial charge in [0.25, 0.3) is 0 Å². The molecule has 5 nitrogen and oxygen atoms in total. The smallest absolute Gasteiger partial charge is 0.212 e. The monoisotopic (exact) mass is 261 g/mol. The third-order valence-electron chi connectivity index (χ3n) is 3.59. The summed E-state index contributed by atoms with van der Waals surface area (Å²) in [7, 11) is -1.04. The first-order valence-electron chi connectivity index (χ1n) is 6.48. The van der Waals surface area contributed by atoms with Crippen molar-refractivity contribution in [3.63, 3.8) is 0 Å². The van der Waals surface area contributed by atoms with Crippen LogP contribution in [0.25, 0.3) is 0 Å². The van der Waals surface area contributed by atoms with Gasteiger partial charge in [-0.05, 0) is 39.3 Å². The second-order valence-electron chi connectivity index (χ2n) is 5.17. The maximum absolute atomic E-state index is 11.7. The van der Waals surface area contributed by atoms with Crippen molar-refractivity contribution in [3.8, 4) is 0 Å². The zero-order valence-corrected chi connectivity index (χ0v) is 11.3. The summed E-state index contributed by atoms with van der Waals surface area (Å²) < 4.78 is 26.2. The Kier molecular flexibility index (Phi) is 4.41. The zero-order valence-electron chi connectivity index (χ0n) is 10.5. The third kappa shape index (κ3) is 4.54. The normalized spacial score (nSPS) is 26.5. The largest absolute Gasteiger partial charge is 0.313 e. The summed E-state index contributed by atoms with van der Waals surface area (Å²) in [6.07, 6.45) is 4.66. The molecule has 0 bridgehead atoms. The number of likely N-dealkylation sites (tertiary alicyclic amines) is 1. The van der Waals surface area contributed by atoms with Crippen LogP contribution in [0.4, 0.5) is 0 Å². The lowest BCUT2D eigenvalue weighted by atomic mass is 10.2. The van der Waals surface area contributed by atoms with Crippen LogP contribution in [-0.2, 0) is 10.0 Å². The van der Waals surface area contributed by atoms with Crippen LogP contribution >= 0.6 is 0 Å². The van der Waals surface area contributed by atoms with Gasteiger partial charge in [0.2, 0.25) is 10.0 Å². The van der Waals surface area contributed by atoms with Crippen LogP contribution in [0.1, 0.15) is 25.7 Å². The molecule has 2 aliphatic rings. The number of sulfonamides is 1. The number of hydrogen-bond donors (Lipinski definition) is 2. The Labute approximate surface area is 104 Å². The van der Waals surface area contributed by atoms with Crippen LogP contribution in [0, 0.1) is 0 Å².